The summed E-state index contributed by atoms with van der Waals surface area (Å²) in [5.74, 6) is -0.907. The van der Waals surface area contributed by atoms with Crippen LogP contribution in [0, 0.1) is 0 Å². The van der Waals surface area contributed by atoms with Gasteiger partial charge in [-0.2, -0.15) is 0 Å². The van der Waals surface area contributed by atoms with Crippen LogP contribution < -0.4 is 10.6 Å². The van der Waals surface area contributed by atoms with Crippen LogP contribution in [0.5, 0.6) is 0 Å². The second kappa shape index (κ2) is 10.8. The Bertz CT molecular complexity index is 1870. The quantitative estimate of drug-likeness (QED) is 0.303. The van der Waals surface area contributed by atoms with Crippen LogP contribution in [0.1, 0.15) is 31.8 Å². The van der Waals surface area contributed by atoms with Gasteiger partial charge in [-0.25, -0.2) is 13.1 Å². The van der Waals surface area contributed by atoms with Gasteiger partial charge in [0.05, 0.1) is 33.8 Å². The van der Waals surface area contributed by atoms with Gasteiger partial charge >= 0.3 is 0 Å². The van der Waals surface area contributed by atoms with Crippen molar-refractivity contribution in [3.05, 3.63) is 126 Å². The lowest BCUT2D eigenvalue weighted by Crippen LogP contribution is -2.26. The summed E-state index contributed by atoms with van der Waals surface area (Å²) >= 11 is 0. The SMILES string of the molecule is O=C(NCCc1ccc(-c2cn(Cc3ccccc3)nn2)cc1)c1ccc2c(c1)NC(=O)c1ccccc1S2(=O)=O. The number of aromatic nitrogens is 3. The summed E-state index contributed by atoms with van der Waals surface area (Å²) < 4.78 is 28.1. The standard InChI is InChI=1S/C31H25N5O4S/c37-30(24-14-15-29-26(18-24)33-31(38)25-8-4-5-9-28(25)41(29,39)40)32-17-16-21-10-12-23(13-11-21)27-20-36(35-34-27)19-22-6-2-1-3-7-22/h1-15,18,20H,16-17,19H2,(H,32,37)(H,33,38). The molecular formula is C31H25N5O4S. The monoisotopic (exact) mass is 563 g/mol. The zero-order valence-corrected chi connectivity index (χ0v) is 22.6. The van der Waals surface area contributed by atoms with E-state index in [1.165, 1.54) is 30.3 Å². The third-order valence-electron chi connectivity index (χ3n) is 6.88. The molecule has 9 nitrogen and oxygen atoms in total. The number of hydrogen-bond donors (Lipinski definition) is 2. The topological polar surface area (TPSA) is 123 Å². The number of nitrogens with zero attached hydrogens (tertiary/aromatic N) is 3. The van der Waals surface area contributed by atoms with E-state index < -0.39 is 15.7 Å². The van der Waals surface area contributed by atoms with Gasteiger partial charge in [0.25, 0.3) is 11.8 Å². The Kier molecular flexibility index (Phi) is 6.90. The number of fused-ring (bicyclic) bond motifs is 2. The second-order valence-corrected chi connectivity index (χ2v) is 11.5. The Balaban J connectivity index is 1.08. The van der Waals surface area contributed by atoms with E-state index >= 15 is 0 Å². The Morgan fingerprint density at radius 1 is 0.854 bits per heavy atom. The average Bonchev–Trinajstić information content (AvgIpc) is 3.43. The molecule has 0 saturated carbocycles. The van der Waals surface area contributed by atoms with Gasteiger partial charge in [-0.1, -0.05) is 71.9 Å². The molecule has 41 heavy (non-hydrogen) atoms. The lowest BCUT2D eigenvalue weighted by molar-refractivity contribution is 0.0952. The van der Waals surface area contributed by atoms with Crippen molar-refractivity contribution in [1.29, 1.82) is 0 Å². The van der Waals surface area contributed by atoms with Crippen LogP contribution in [0.25, 0.3) is 11.3 Å². The van der Waals surface area contributed by atoms with Crippen LogP contribution in [-0.4, -0.2) is 41.8 Å². The van der Waals surface area contributed by atoms with E-state index in [-0.39, 0.29) is 32.5 Å². The van der Waals surface area contributed by atoms with Gasteiger partial charge in [-0.3, -0.25) is 9.59 Å². The highest BCUT2D eigenvalue weighted by Crippen LogP contribution is 2.34. The highest BCUT2D eigenvalue weighted by atomic mass is 32.2. The van der Waals surface area contributed by atoms with Crippen molar-refractivity contribution < 1.29 is 18.0 Å². The van der Waals surface area contributed by atoms with E-state index in [2.05, 4.69) is 20.9 Å². The molecule has 1 aliphatic rings. The molecule has 1 aromatic heterocycles. The fourth-order valence-corrected chi connectivity index (χ4v) is 6.33. The minimum absolute atomic E-state index is 0.0486. The predicted molar refractivity (Wildman–Crippen MR) is 153 cm³/mol. The number of rotatable bonds is 7. The van der Waals surface area contributed by atoms with Crippen LogP contribution in [0.4, 0.5) is 5.69 Å². The second-order valence-electron chi connectivity index (χ2n) is 9.65. The Morgan fingerprint density at radius 2 is 1.61 bits per heavy atom. The summed E-state index contributed by atoms with van der Waals surface area (Å²) in [5.41, 5.74) is 4.30. The number of carbonyl (C=O) groups excluding carboxylic acids is 2. The minimum Gasteiger partial charge on any atom is -0.352 e. The van der Waals surface area contributed by atoms with E-state index in [0.29, 0.717) is 19.5 Å². The fourth-order valence-electron chi connectivity index (χ4n) is 4.74. The van der Waals surface area contributed by atoms with Crippen LogP contribution in [0.2, 0.25) is 0 Å². The molecule has 0 fully saturated rings. The highest BCUT2D eigenvalue weighted by molar-refractivity contribution is 7.91. The Hall–Kier alpha value is -5.09. The van der Waals surface area contributed by atoms with Crippen molar-refractivity contribution in [2.45, 2.75) is 22.8 Å². The number of sulfone groups is 1. The maximum absolute atomic E-state index is 13.2. The van der Waals surface area contributed by atoms with Gasteiger partial charge in [-0.15, -0.1) is 5.10 Å². The molecule has 0 saturated heterocycles. The molecule has 2 N–H and O–H groups in total. The van der Waals surface area contributed by atoms with Crippen LogP contribution in [0.3, 0.4) is 0 Å². The molecule has 0 bridgehead atoms. The molecule has 204 valence electrons. The van der Waals surface area contributed by atoms with Gasteiger partial charge in [0.2, 0.25) is 9.84 Å². The van der Waals surface area contributed by atoms with Crippen molar-refractivity contribution in [2.24, 2.45) is 0 Å². The normalized spacial score (nSPS) is 13.4. The molecule has 5 aromatic rings. The van der Waals surface area contributed by atoms with E-state index in [4.69, 9.17) is 0 Å². The molecule has 0 aliphatic carbocycles. The van der Waals surface area contributed by atoms with Crippen molar-refractivity contribution >= 4 is 27.3 Å². The molecule has 2 amide bonds. The highest BCUT2D eigenvalue weighted by Gasteiger charge is 2.31. The largest absolute Gasteiger partial charge is 0.352 e. The van der Waals surface area contributed by atoms with E-state index in [1.54, 1.807) is 16.8 Å². The summed E-state index contributed by atoms with van der Waals surface area (Å²) in [6.45, 7) is 1.02. The van der Waals surface area contributed by atoms with Crippen LogP contribution in [-0.2, 0) is 22.8 Å². The molecule has 0 spiro atoms. The first-order chi connectivity index (χ1) is 19.9. The summed E-state index contributed by atoms with van der Waals surface area (Å²) in [7, 11) is -3.93. The lowest BCUT2D eigenvalue weighted by Gasteiger charge is -2.10. The van der Waals surface area contributed by atoms with E-state index in [1.807, 2.05) is 60.8 Å². The zero-order valence-electron chi connectivity index (χ0n) is 21.8. The number of hydrogen-bond acceptors (Lipinski definition) is 6. The van der Waals surface area contributed by atoms with E-state index in [0.717, 1.165) is 22.4 Å². The first kappa shape index (κ1) is 26.1. The molecule has 0 radical (unpaired) electrons. The summed E-state index contributed by atoms with van der Waals surface area (Å²) in [6.07, 6.45) is 2.51. The number of anilines is 1. The fraction of sp³-hybridized carbons (Fsp3) is 0.0968. The smallest absolute Gasteiger partial charge is 0.257 e. The molecule has 6 rings (SSSR count). The molecule has 1 aliphatic heterocycles. The number of amides is 2. The summed E-state index contributed by atoms with van der Waals surface area (Å²) in [4.78, 5) is 25.4. The van der Waals surface area contributed by atoms with E-state index in [9.17, 15) is 18.0 Å². The third kappa shape index (κ3) is 5.37. The molecule has 0 atom stereocenters. The van der Waals surface area contributed by atoms with Gasteiger partial charge in [0.1, 0.15) is 5.69 Å². The van der Waals surface area contributed by atoms with Crippen molar-refractivity contribution in [3.8, 4) is 11.3 Å². The molecule has 4 aromatic carbocycles. The number of carbonyl (C=O) groups is 2. The number of benzene rings is 4. The maximum Gasteiger partial charge on any atom is 0.257 e. The first-order valence-electron chi connectivity index (χ1n) is 13.0. The van der Waals surface area contributed by atoms with Crippen molar-refractivity contribution in [3.63, 3.8) is 0 Å². The lowest BCUT2D eigenvalue weighted by atomic mass is 10.1. The predicted octanol–water partition coefficient (Wildman–Crippen LogP) is 4.36. The number of nitrogens with one attached hydrogen (secondary N) is 2. The zero-order chi connectivity index (χ0) is 28.4. The summed E-state index contributed by atoms with van der Waals surface area (Å²) in [5, 5.41) is 14.0. The molecule has 0 unspecified atom stereocenters. The molecule has 2 heterocycles. The molecular weight excluding hydrogens is 538 g/mol. The van der Waals surface area contributed by atoms with Crippen molar-refractivity contribution in [2.75, 3.05) is 11.9 Å². The van der Waals surface area contributed by atoms with Gasteiger partial charge < -0.3 is 10.6 Å². The van der Waals surface area contributed by atoms with Gasteiger partial charge in [0, 0.05) is 17.7 Å². The van der Waals surface area contributed by atoms with Crippen LogP contribution >= 0.6 is 0 Å². The van der Waals surface area contributed by atoms with Crippen LogP contribution in [0.15, 0.2) is 113 Å². The average molecular weight is 564 g/mol. The van der Waals surface area contributed by atoms with Gasteiger partial charge in [0.15, 0.2) is 0 Å². The van der Waals surface area contributed by atoms with Gasteiger partial charge in [-0.05, 0) is 47.9 Å². The summed E-state index contributed by atoms with van der Waals surface area (Å²) in [6, 6.07) is 28.2. The maximum atomic E-state index is 13.2. The molecule has 10 heteroatoms. The first-order valence-corrected chi connectivity index (χ1v) is 14.5. The third-order valence-corrected chi connectivity index (χ3v) is 8.75. The van der Waals surface area contributed by atoms with Crippen molar-refractivity contribution in [1.82, 2.24) is 20.3 Å². The Labute approximate surface area is 236 Å². The Morgan fingerprint density at radius 3 is 2.41 bits per heavy atom. The minimum atomic E-state index is -3.93.